The van der Waals surface area contributed by atoms with Gasteiger partial charge in [0.1, 0.15) is 5.75 Å². The van der Waals surface area contributed by atoms with Gasteiger partial charge >= 0.3 is 0 Å². The van der Waals surface area contributed by atoms with E-state index in [2.05, 4.69) is 5.32 Å². The Bertz CT molecular complexity index is 957. The zero-order valence-corrected chi connectivity index (χ0v) is 13.7. The van der Waals surface area contributed by atoms with Gasteiger partial charge in [0, 0.05) is 26.4 Å². The van der Waals surface area contributed by atoms with E-state index in [0.717, 1.165) is 6.07 Å². The molecule has 0 fully saturated rings. The lowest BCUT2D eigenvalue weighted by Gasteiger charge is -2.14. The predicted molar refractivity (Wildman–Crippen MR) is 92.2 cm³/mol. The van der Waals surface area contributed by atoms with E-state index in [1.807, 2.05) is 0 Å². The van der Waals surface area contributed by atoms with Gasteiger partial charge in [-0.1, -0.05) is 35.9 Å². The average Bonchev–Trinajstić information content (AvgIpc) is 2.57. The van der Waals surface area contributed by atoms with E-state index in [-0.39, 0.29) is 16.2 Å². The number of fused-ring (bicyclic) bond motifs is 1. The Hall–Kier alpha value is -2.41. The molecule has 7 heteroatoms. The van der Waals surface area contributed by atoms with Crippen molar-refractivity contribution in [2.45, 2.75) is 4.90 Å². The fourth-order valence-corrected chi connectivity index (χ4v) is 3.07. The molecule has 0 aliphatic rings. The van der Waals surface area contributed by atoms with Gasteiger partial charge in [0.2, 0.25) is 0 Å². The zero-order chi connectivity index (χ0) is 17.3. The van der Waals surface area contributed by atoms with Gasteiger partial charge in [-0.2, -0.15) is 0 Å². The minimum absolute atomic E-state index is 0.0512. The number of carbonyl (C=O) groups excluding carboxylic acids is 1. The monoisotopic (exact) mass is 360 g/mol. The summed E-state index contributed by atoms with van der Waals surface area (Å²) < 4.78 is 22.9. The zero-order valence-electron chi connectivity index (χ0n) is 12.2. The fourth-order valence-electron chi connectivity index (χ4n) is 2.37. The van der Waals surface area contributed by atoms with E-state index in [9.17, 15) is 18.7 Å². The first-order valence-corrected chi connectivity index (χ1v) is 8.33. The summed E-state index contributed by atoms with van der Waals surface area (Å²) in [6.07, 6.45) is 0. The van der Waals surface area contributed by atoms with Crippen molar-refractivity contribution in [3.8, 4) is 5.75 Å². The molecule has 0 heterocycles. The third kappa shape index (κ3) is 3.12. The summed E-state index contributed by atoms with van der Waals surface area (Å²) in [5.74, 6) is -0.890. The second-order valence-corrected chi connectivity index (χ2v) is 6.36. The van der Waals surface area contributed by atoms with Gasteiger partial charge in [-0.3, -0.25) is 9.00 Å². The molecule has 122 valence electrons. The molecule has 0 bridgehead atoms. The minimum Gasteiger partial charge on any atom is -0.768 e. The van der Waals surface area contributed by atoms with Crippen LogP contribution in [0.2, 0.25) is 5.02 Å². The van der Waals surface area contributed by atoms with E-state index in [0.29, 0.717) is 21.5 Å². The van der Waals surface area contributed by atoms with Crippen molar-refractivity contribution in [1.82, 2.24) is 0 Å². The molecule has 24 heavy (non-hydrogen) atoms. The van der Waals surface area contributed by atoms with Gasteiger partial charge < -0.3 is 15.0 Å². The summed E-state index contributed by atoms with van der Waals surface area (Å²) in [6.45, 7) is 0. The number of rotatable bonds is 3. The maximum atomic E-state index is 12.4. The number of anilines is 1. The predicted octanol–water partition coefficient (Wildman–Crippen LogP) is 3.69. The first-order valence-electron chi connectivity index (χ1n) is 6.88. The SMILES string of the molecule is O=C(Nc1ccc(Cl)cc1)c1cc(S(=O)[O-])c2ccccc2c1O. The van der Waals surface area contributed by atoms with E-state index in [1.54, 1.807) is 48.5 Å². The summed E-state index contributed by atoms with van der Waals surface area (Å²) >= 11 is 3.24. The standard InChI is InChI=1S/C17H12ClNO4S/c18-10-5-7-11(8-6-10)19-17(21)14-9-15(24(22)23)12-3-1-2-4-13(12)16(14)20/h1-9,20H,(H,19,21)(H,22,23)/p-1. The van der Waals surface area contributed by atoms with E-state index >= 15 is 0 Å². The third-order valence-corrected chi connectivity index (χ3v) is 4.45. The van der Waals surface area contributed by atoms with Crippen molar-refractivity contribution >= 4 is 45.0 Å². The summed E-state index contributed by atoms with van der Waals surface area (Å²) in [6, 6.07) is 14.0. The maximum Gasteiger partial charge on any atom is 0.259 e. The summed E-state index contributed by atoms with van der Waals surface area (Å²) in [4.78, 5) is 12.4. The molecule has 3 aromatic rings. The largest absolute Gasteiger partial charge is 0.768 e. The third-order valence-electron chi connectivity index (χ3n) is 3.50. The quantitative estimate of drug-likeness (QED) is 0.697. The minimum atomic E-state index is -2.55. The molecule has 0 aliphatic heterocycles. The molecular formula is C17H11ClNO4S-. The van der Waals surface area contributed by atoms with Crippen LogP contribution in [0.5, 0.6) is 5.75 Å². The van der Waals surface area contributed by atoms with Crippen LogP contribution in [-0.4, -0.2) is 19.8 Å². The Labute approximate surface area is 145 Å². The molecule has 0 radical (unpaired) electrons. The van der Waals surface area contributed by atoms with Gasteiger partial charge in [0.05, 0.1) is 5.56 Å². The van der Waals surface area contributed by atoms with Gasteiger partial charge in [0.25, 0.3) is 5.91 Å². The Balaban J connectivity index is 2.08. The molecule has 3 aromatic carbocycles. The van der Waals surface area contributed by atoms with Crippen molar-refractivity contribution < 1.29 is 18.7 Å². The van der Waals surface area contributed by atoms with Crippen LogP contribution in [0.3, 0.4) is 0 Å². The van der Waals surface area contributed by atoms with E-state index in [4.69, 9.17) is 11.6 Å². The molecule has 5 nitrogen and oxygen atoms in total. The van der Waals surface area contributed by atoms with Crippen LogP contribution < -0.4 is 5.32 Å². The number of aromatic hydroxyl groups is 1. The van der Waals surface area contributed by atoms with Crippen LogP contribution in [-0.2, 0) is 11.1 Å². The Morgan fingerprint density at radius 3 is 2.33 bits per heavy atom. The van der Waals surface area contributed by atoms with Crippen molar-refractivity contribution in [1.29, 1.82) is 0 Å². The molecular weight excluding hydrogens is 350 g/mol. The van der Waals surface area contributed by atoms with Gasteiger partial charge in [-0.05, 0) is 41.4 Å². The molecule has 0 aliphatic carbocycles. The first kappa shape index (κ1) is 16.4. The molecule has 0 saturated heterocycles. The van der Waals surface area contributed by atoms with E-state index in [1.165, 1.54) is 0 Å². The highest BCUT2D eigenvalue weighted by atomic mass is 35.5. The molecule has 2 N–H and O–H groups in total. The number of halogens is 1. The maximum absolute atomic E-state index is 12.4. The second-order valence-electron chi connectivity index (χ2n) is 5.01. The van der Waals surface area contributed by atoms with Crippen LogP contribution >= 0.6 is 11.6 Å². The highest BCUT2D eigenvalue weighted by molar-refractivity contribution is 7.79. The fraction of sp³-hybridized carbons (Fsp3) is 0. The normalized spacial score (nSPS) is 12.1. The number of nitrogens with one attached hydrogen (secondary N) is 1. The number of phenolic OH excluding ortho intramolecular Hbond substituents is 1. The molecule has 1 amide bonds. The number of amides is 1. The smallest absolute Gasteiger partial charge is 0.259 e. The number of hydrogen-bond donors (Lipinski definition) is 2. The van der Waals surface area contributed by atoms with Gasteiger partial charge in [0.15, 0.2) is 0 Å². The molecule has 1 unspecified atom stereocenters. The Morgan fingerprint density at radius 1 is 1.08 bits per heavy atom. The lowest BCUT2D eigenvalue weighted by atomic mass is 10.0. The number of phenols is 1. The van der Waals surface area contributed by atoms with Gasteiger partial charge in [-0.15, -0.1) is 0 Å². The van der Waals surface area contributed by atoms with Crippen LogP contribution in [0.1, 0.15) is 10.4 Å². The Kier molecular flexibility index (Phi) is 4.53. The van der Waals surface area contributed by atoms with Crippen molar-refractivity contribution in [3.05, 3.63) is 65.2 Å². The van der Waals surface area contributed by atoms with Crippen molar-refractivity contribution in [2.75, 3.05) is 5.32 Å². The van der Waals surface area contributed by atoms with Crippen LogP contribution in [0.15, 0.2) is 59.5 Å². The van der Waals surface area contributed by atoms with Crippen molar-refractivity contribution in [2.24, 2.45) is 0 Å². The van der Waals surface area contributed by atoms with Crippen LogP contribution in [0.4, 0.5) is 5.69 Å². The molecule has 3 rings (SSSR count). The summed E-state index contributed by atoms with van der Waals surface area (Å²) in [5, 5.41) is 14.1. The molecule has 0 spiro atoms. The van der Waals surface area contributed by atoms with Gasteiger partial charge in [-0.25, -0.2) is 0 Å². The lowest BCUT2D eigenvalue weighted by molar-refractivity contribution is 0.102. The topological polar surface area (TPSA) is 89.5 Å². The second kappa shape index (κ2) is 6.60. The Morgan fingerprint density at radius 2 is 1.71 bits per heavy atom. The highest BCUT2D eigenvalue weighted by Crippen LogP contribution is 2.33. The van der Waals surface area contributed by atoms with E-state index < -0.39 is 17.0 Å². The first-order chi connectivity index (χ1) is 11.5. The van der Waals surface area contributed by atoms with Crippen molar-refractivity contribution in [3.63, 3.8) is 0 Å². The van der Waals surface area contributed by atoms with Crippen LogP contribution in [0.25, 0.3) is 10.8 Å². The number of benzene rings is 3. The van der Waals surface area contributed by atoms with Crippen LogP contribution in [0, 0.1) is 0 Å². The summed E-state index contributed by atoms with van der Waals surface area (Å²) in [5.41, 5.74) is 0.351. The number of hydrogen-bond acceptors (Lipinski definition) is 4. The highest BCUT2D eigenvalue weighted by Gasteiger charge is 2.17. The molecule has 1 atom stereocenters. The molecule has 0 aromatic heterocycles. The summed E-state index contributed by atoms with van der Waals surface area (Å²) in [7, 11) is 0. The average molecular weight is 361 g/mol. The lowest BCUT2D eigenvalue weighted by Crippen LogP contribution is -2.13. The molecule has 0 saturated carbocycles. The number of carbonyl (C=O) groups is 1.